The Bertz CT molecular complexity index is 2280. The molecule has 0 unspecified atom stereocenters. The molecule has 5 aromatic rings. The lowest BCUT2D eigenvalue weighted by molar-refractivity contribution is -0.133. The molecule has 0 spiro atoms. The number of benzene rings is 3. The lowest BCUT2D eigenvalue weighted by Gasteiger charge is -2.29. The first-order valence-corrected chi connectivity index (χ1v) is 20.2. The van der Waals surface area contributed by atoms with E-state index in [2.05, 4.69) is 41.6 Å². The van der Waals surface area contributed by atoms with Crippen LogP contribution in [0.15, 0.2) is 97.6 Å². The van der Waals surface area contributed by atoms with Gasteiger partial charge in [0.25, 0.3) is 5.91 Å². The highest BCUT2D eigenvalue weighted by atomic mass is 16.3. The molecule has 19 heteroatoms. The highest BCUT2D eigenvalue weighted by molar-refractivity contribution is 5.95. The molecule has 7 amide bonds. The summed E-state index contributed by atoms with van der Waals surface area (Å²) < 4.78 is 0. The number of imidazole rings is 1. The minimum atomic E-state index is -1.28. The molecule has 19 nitrogen and oxygen atoms in total. The second-order valence-corrected chi connectivity index (χ2v) is 14.9. The molecular formula is C43H54N12O7. The molecule has 0 bridgehead atoms. The Morgan fingerprint density at radius 3 is 2.16 bits per heavy atom. The number of urea groups is 1. The van der Waals surface area contributed by atoms with Gasteiger partial charge in [0, 0.05) is 48.3 Å². The summed E-state index contributed by atoms with van der Waals surface area (Å²) in [5, 5.41) is 22.6. The Kier molecular flexibility index (Phi) is 16.5. The van der Waals surface area contributed by atoms with E-state index >= 15 is 0 Å². The van der Waals surface area contributed by atoms with Gasteiger partial charge in [-0.2, -0.15) is 0 Å². The van der Waals surface area contributed by atoms with Crippen molar-refractivity contribution in [1.82, 2.24) is 46.7 Å². The summed E-state index contributed by atoms with van der Waals surface area (Å²) in [6, 6.07) is 15.6. The van der Waals surface area contributed by atoms with Gasteiger partial charge in [0.2, 0.25) is 23.6 Å². The van der Waals surface area contributed by atoms with E-state index in [0.29, 0.717) is 36.2 Å². The zero-order chi connectivity index (χ0) is 44.6. The first-order valence-electron chi connectivity index (χ1n) is 20.2. The summed E-state index contributed by atoms with van der Waals surface area (Å²) in [6.45, 7) is 1.49. The predicted molar refractivity (Wildman–Crippen MR) is 230 cm³/mol. The Labute approximate surface area is 357 Å². The Hall–Kier alpha value is -7.25. The molecule has 328 valence electrons. The van der Waals surface area contributed by atoms with Gasteiger partial charge in [0.05, 0.1) is 18.9 Å². The van der Waals surface area contributed by atoms with Crippen LogP contribution in [0.2, 0.25) is 0 Å². The first kappa shape index (κ1) is 45.8. The summed E-state index contributed by atoms with van der Waals surface area (Å²) in [5.74, 6) is -3.71. The van der Waals surface area contributed by atoms with Gasteiger partial charge in [-0.3, -0.25) is 29.4 Å². The molecule has 0 aliphatic rings. The molecule has 0 radical (unpaired) electrons. The number of phenolic OH excluding ortho intramolecular Hbond substituents is 1. The Morgan fingerprint density at radius 1 is 0.758 bits per heavy atom. The number of phenols is 1. The number of hydrogen-bond donors (Lipinski definition) is 11. The Morgan fingerprint density at radius 2 is 1.45 bits per heavy atom. The van der Waals surface area contributed by atoms with Crippen LogP contribution < -0.4 is 43.9 Å². The molecule has 0 saturated heterocycles. The smallest absolute Gasteiger partial charge is 0.337 e. The predicted octanol–water partition coefficient (Wildman–Crippen LogP) is 0.652. The number of rotatable bonds is 21. The lowest BCUT2D eigenvalue weighted by Crippen LogP contribution is -2.60. The first-order chi connectivity index (χ1) is 29.8. The number of nitrogens with one attached hydrogen (secondary N) is 7. The third-order valence-electron chi connectivity index (χ3n) is 10.1. The van der Waals surface area contributed by atoms with Gasteiger partial charge in [-0.25, -0.2) is 14.8 Å². The summed E-state index contributed by atoms with van der Waals surface area (Å²) in [7, 11) is 0. The van der Waals surface area contributed by atoms with Crippen molar-refractivity contribution in [2.75, 3.05) is 6.54 Å². The quantitative estimate of drug-likeness (QED) is 0.0362. The van der Waals surface area contributed by atoms with Crippen molar-refractivity contribution in [2.24, 2.45) is 17.2 Å². The van der Waals surface area contributed by atoms with E-state index in [0.717, 1.165) is 21.5 Å². The number of aromatic hydroxyl groups is 1. The number of hydrogen-bond acceptors (Lipinski definition) is 10. The van der Waals surface area contributed by atoms with Gasteiger partial charge in [0.15, 0.2) is 0 Å². The van der Waals surface area contributed by atoms with Crippen LogP contribution in [-0.2, 0) is 49.8 Å². The van der Waals surface area contributed by atoms with Crippen LogP contribution in [0.5, 0.6) is 5.75 Å². The van der Waals surface area contributed by atoms with E-state index in [9.17, 15) is 33.9 Å². The van der Waals surface area contributed by atoms with Crippen molar-refractivity contribution in [2.45, 2.75) is 82.2 Å². The van der Waals surface area contributed by atoms with Crippen molar-refractivity contribution in [3.05, 3.63) is 120 Å². The fourth-order valence-electron chi connectivity index (χ4n) is 6.68. The summed E-state index contributed by atoms with van der Waals surface area (Å²) >= 11 is 0. The number of para-hydroxylation sites is 1. The maximum Gasteiger partial charge on any atom is 0.337 e. The second-order valence-electron chi connectivity index (χ2n) is 14.9. The normalized spacial score (nSPS) is 13.5. The number of H-pyrrole nitrogens is 2. The maximum absolute atomic E-state index is 14.1. The zero-order valence-corrected chi connectivity index (χ0v) is 34.3. The number of primary amides is 1. The SMILES string of the molecule is C[C@H](NC(=O)[C@@H](Cc1c[nH]c2ccccc12)NC(=O)[C@@H](N)Cc1cnc[nH]1)C(=O)NN(Cc1cccc(O)c1)C(=O)N[C@H](Cc1ccccc1)C(=O)N[C@@H](CCCCN)C(N)=O. The molecular weight excluding hydrogens is 797 g/mol. The zero-order valence-electron chi connectivity index (χ0n) is 34.3. The standard InChI is InChI=1S/C43H54N12O7/c1-26(50-41(60)37(20-29-22-48-34-15-6-5-14-32(29)34)52-40(59)33(45)21-30-23-47-25-49-30)39(58)54-55(24-28-12-9-13-31(56)18-28)43(62)53-36(19-27-10-3-2-4-11-27)42(61)51-35(38(46)57)16-7-8-17-44/h2-6,9-15,18,22-23,25-26,33,35-37,48,56H,7-8,16-17,19-21,24,44-45H2,1H3,(H2,46,57)(H,47,49)(H,50,60)(H,51,61)(H,52,59)(H,53,62)(H,54,58)/t26-,33-,35-,36+,37+/m0/s1. The van der Waals surface area contributed by atoms with Gasteiger partial charge < -0.3 is 53.5 Å². The maximum atomic E-state index is 14.1. The highest BCUT2D eigenvalue weighted by Crippen LogP contribution is 2.20. The van der Waals surface area contributed by atoms with Crippen LogP contribution in [0.25, 0.3) is 10.9 Å². The van der Waals surface area contributed by atoms with Crippen molar-refractivity contribution >= 4 is 46.5 Å². The number of aromatic amines is 2. The summed E-state index contributed by atoms with van der Waals surface area (Å²) in [5.41, 5.74) is 23.2. The molecule has 2 aromatic heterocycles. The van der Waals surface area contributed by atoms with E-state index in [-0.39, 0.29) is 38.0 Å². The second kappa shape index (κ2) is 22.4. The molecule has 62 heavy (non-hydrogen) atoms. The van der Waals surface area contributed by atoms with Gasteiger partial charge in [-0.15, -0.1) is 0 Å². The molecule has 2 heterocycles. The molecule has 14 N–H and O–H groups in total. The average molecular weight is 851 g/mol. The minimum Gasteiger partial charge on any atom is -0.508 e. The van der Waals surface area contributed by atoms with Crippen LogP contribution in [0, 0.1) is 0 Å². The van der Waals surface area contributed by atoms with Crippen LogP contribution in [0.3, 0.4) is 0 Å². The minimum absolute atomic E-state index is 0.00213. The van der Waals surface area contributed by atoms with Crippen molar-refractivity contribution in [3.8, 4) is 5.75 Å². The number of carbonyl (C=O) groups is 6. The number of nitrogens with zero attached hydrogens (tertiary/aromatic N) is 2. The number of unbranched alkanes of at least 4 members (excludes halogenated alkanes) is 1. The molecule has 3 aromatic carbocycles. The van der Waals surface area contributed by atoms with E-state index in [1.165, 1.54) is 31.6 Å². The topological polar surface area (TPSA) is 309 Å². The summed E-state index contributed by atoms with van der Waals surface area (Å²) in [6.07, 6.45) is 6.25. The van der Waals surface area contributed by atoms with Crippen molar-refractivity contribution in [1.29, 1.82) is 0 Å². The van der Waals surface area contributed by atoms with Crippen LogP contribution in [-0.4, -0.2) is 97.4 Å². The van der Waals surface area contributed by atoms with E-state index < -0.39 is 65.8 Å². The third kappa shape index (κ3) is 13.4. The van der Waals surface area contributed by atoms with Crippen LogP contribution in [0.1, 0.15) is 48.6 Å². The molecule has 5 atom stereocenters. The number of aromatic nitrogens is 3. The molecule has 0 aliphatic heterocycles. The fourth-order valence-corrected chi connectivity index (χ4v) is 6.68. The van der Waals surface area contributed by atoms with Crippen molar-refractivity contribution in [3.63, 3.8) is 0 Å². The number of amides is 7. The molecule has 0 fully saturated rings. The summed E-state index contributed by atoms with van der Waals surface area (Å²) in [4.78, 5) is 91.4. The molecule has 5 rings (SSSR count). The fraction of sp³-hybridized carbons (Fsp3) is 0.326. The number of nitrogens with two attached hydrogens (primary N) is 3. The average Bonchev–Trinajstić information content (AvgIpc) is 3.92. The number of fused-ring (bicyclic) bond motifs is 1. The monoisotopic (exact) mass is 850 g/mol. The molecule has 0 saturated carbocycles. The Balaban J connectivity index is 1.34. The van der Waals surface area contributed by atoms with Gasteiger partial charge in [-0.05, 0) is 67.6 Å². The van der Waals surface area contributed by atoms with Crippen molar-refractivity contribution < 1.29 is 33.9 Å². The van der Waals surface area contributed by atoms with Gasteiger partial charge in [-0.1, -0.05) is 60.7 Å². The van der Waals surface area contributed by atoms with E-state index in [4.69, 9.17) is 17.2 Å². The largest absolute Gasteiger partial charge is 0.508 e. The lowest BCUT2D eigenvalue weighted by atomic mass is 10.0. The number of carbonyl (C=O) groups excluding carboxylic acids is 6. The molecule has 0 aliphatic carbocycles. The highest BCUT2D eigenvalue weighted by Gasteiger charge is 2.31. The van der Waals surface area contributed by atoms with Gasteiger partial charge >= 0.3 is 6.03 Å². The van der Waals surface area contributed by atoms with E-state index in [1.807, 2.05) is 24.3 Å². The number of hydrazine groups is 1. The van der Waals surface area contributed by atoms with Crippen LogP contribution in [0.4, 0.5) is 4.79 Å². The third-order valence-corrected chi connectivity index (χ3v) is 10.1. The van der Waals surface area contributed by atoms with Gasteiger partial charge in [0.1, 0.15) is 29.9 Å². The van der Waals surface area contributed by atoms with Crippen LogP contribution >= 0.6 is 0 Å². The van der Waals surface area contributed by atoms with E-state index in [1.54, 1.807) is 48.7 Å².